The Morgan fingerprint density at radius 1 is 1.57 bits per heavy atom. The summed E-state index contributed by atoms with van der Waals surface area (Å²) >= 11 is 0. The number of nitrogen functional groups attached to an aromatic ring is 1. The molecule has 0 atom stereocenters. The number of aryl methyl sites for hydroxylation is 1. The molecule has 0 unspecified atom stereocenters. The first-order chi connectivity index (χ1) is 6.60. The highest BCUT2D eigenvalue weighted by molar-refractivity contribution is 5.53. The predicted molar refractivity (Wildman–Crippen MR) is 55.6 cm³/mol. The highest BCUT2D eigenvalue weighted by Crippen LogP contribution is 2.21. The molecule has 0 radical (unpaired) electrons. The minimum absolute atomic E-state index is 0.329. The second kappa shape index (κ2) is 4.07. The van der Waals surface area contributed by atoms with Crippen LogP contribution in [0.5, 0.6) is 0 Å². The zero-order valence-corrected chi connectivity index (χ0v) is 8.63. The lowest BCUT2D eigenvalue weighted by atomic mass is 10.0. The molecule has 0 aliphatic carbocycles. The maximum absolute atomic E-state index is 8.82. The molecule has 14 heavy (non-hydrogen) atoms. The van der Waals surface area contributed by atoms with Crippen molar-refractivity contribution in [3.63, 3.8) is 0 Å². The van der Waals surface area contributed by atoms with Crippen molar-refractivity contribution >= 4 is 5.82 Å². The SMILES string of the molecule is Cc1cc(C#N)c(NN)nc1C(C)C. The van der Waals surface area contributed by atoms with E-state index in [0.29, 0.717) is 17.3 Å². The number of nitrogens with two attached hydrogens (primary N) is 1. The van der Waals surface area contributed by atoms with E-state index in [1.807, 2.05) is 13.0 Å². The van der Waals surface area contributed by atoms with Crippen LogP contribution in [0.2, 0.25) is 0 Å². The summed E-state index contributed by atoms with van der Waals surface area (Å²) in [7, 11) is 0. The van der Waals surface area contributed by atoms with Gasteiger partial charge in [0, 0.05) is 5.69 Å². The van der Waals surface area contributed by atoms with Gasteiger partial charge in [0.2, 0.25) is 0 Å². The molecule has 0 aliphatic rings. The summed E-state index contributed by atoms with van der Waals surface area (Å²) in [6, 6.07) is 3.85. The molecule has 0 saturated heterocycles. The van der Waals surface area contributed by atoms with Gasteiger partial charge in [-0.15, -0.1) is 0 Å². The zero-order valence-electron chi connectivity index (χ0n) is 8.63. The third-order valence-electron chi connectivity index (χ3n) is 2.06. The van der Waals surface area contributed by atoms with Crippen LogP contribution in [0.25, 0.3) is 0 Å². The van der Waals surface area contributed by atoms with Crippen LogP contribution in [-0.2, 0) is 0 Å². The molecular weight excluding hydrogens is 176 g/mol. The molecule has 0 aromatic carbocycles. The number of hydrazine groups is 1. The lowest BCUT2D eigenvalue weighted by molar-refractivity contribution is 0.811. The van der Waals surface area contributed by atoms with Crippen molar-refractivity contribution in [2.45, 2.75) is 26.7 Å². The Morgan fingerprint density at radius 2 is 2.21 bits per heavy atom. The predicted octanol–water partition coefficient (Wildman–Crippen LogP) is 1.67. The van der Waals surface area contributed by atoms with Crippen LogP contribution in [0, 0.1) is 18.3 Å². The Bertz CT molecular complexity index is 376. The van der Waals surface area contributed by atoms with Gasteiger partial charge in [-0.1, -0.05) is 13.8 Å². The topological polar surface area (TPSA) is 74.7 Å². The van der Waals surface area contributed by atoms with E-state index in [4.69, 9.17) is 11.1 Å². The molecule has 0 amide bonds. The molecule has 0 saturated carbocycles. The number of pyridine rings is 1. The first-order valence-electron chi connectivity index (χ1n) is 4.48. The fraction of sp³-hybridized carbons (Fsp3) is 0.400. The van der Waals surface area contributed by atoms with Crippen molar-refractivity contribution in [3.8, 4) is 6.07 Å². The summed E-state index contributed by atoms with van der Waals surface area (Å²) in [6.45, 7) is 6.06. The standard InChI is InChI=1S/C10H14N4/c1-6(2)9-7(3)4-8(5-11)10(13-9)14-12/h4,6H,12H2,1-3H3,(H,13,14). The molecule has 1 aromatic heterocycles. The van der Waals surface area contributed by atoms with E-state index in [9.17, 15) is 0 Å². The highest BCUT2D eigenvalue weighted by atomic mass is 15.2. The molecule has 1 aromatic rings. The Morgan fingerprint density at radius 3 is 2.64 bits per heavy atom. The van der Waals surface area contributed by atoms with E-state index in [2.05, 4.69) is 24.3 Å². The summed E-state index contributed by atoms with van der Waals surface area (Å²) < 4.78 is 0. The maximum atomic E-state index is 8.82. The van der Waals surface area contributed by atoms with Crippen LogP contribution in [0.3, 0.4) is 0 Å². The van der Waals surface area contributed by atoms with Crippen LogP contribution in [0.1, 0.15) is 36.6 Å². The largest absolute Gasteiger partial charge is 0.307 e. The minimum atomic E-state index is 0.329. The summed E-state index contributed by atoms with van der Waals surface area (Å²) in [5.74, 6) is 6.06. The van der Waals surface area contributed by atoms with Gasteiger partial charge in [0.1, 0.15) is 6.07 Å². The third kappa shape index (κ3) is 1.83. The summed E-state index contributed by atoms with van der Waals surface area (Å²) in [4.78, 5) is 4.30. The van der Waals surface area contributed by atoms with Gasteiger partial charge < -0.3 is 5.43 Å². The van der Waals surface area contributed by atoms with Crippen molar-refractivity contribution in [2.24, 2.45) is 5.84 Å². The molecule has 0 fully saturated rings. The lowest BCUT2D eigenvalue weighted by Gasteiger charge is -2.11. The molecular formula is C10H14N4. The van der Waals surface area contributed by atoms with E-state index in [1.54, 1.807) is 6.07 Å². The van der Waals surface area contributed by atoms with Crippen LogP contribution in [-0.4, -0.2) is 4.98 Å². The Balaban J connectivity index is 3.32. The van der Waals surface area contributed by atoms with Crippen LogP contribution in [0.4, 0.5) is 5.82 Å². The van der Waals surface area contributed by atoms with Gasteiger partial charge in [-0.2, -0.15) is 5.26 Å². The number of hydrogen-bond acceptors (Lipinski definition) is 4. The Hall–Kier alpha value is -1.60. The number of hydrogen-bond donors (Lipinski definition) is 2. The monoisotopic (exact) mass is 190 g/mol. The molecule has 0 bridgehead atoms. The van der Waals surface area contributed by atoms with Gasteiger partial charge in [-0.05, 0) is 24.5 Å². The average Bonchev–Trinajstić information content (AvgIpc) is 2.16. The normalized spacial score (nSPS) is 10.0. The number of rotatable bonds is 2. The van der Waals surface area contributed by atoms with Gasteiger partial charge in [-0.3, -0.25) is 0 Å². The quantitative estimate of drug-likeness (QED) is 0.549. The Kier molecular flexibility index (Phi) is 3.05. The van der Waals surface area contributed by atoms with Crippen molar-refractivity contribution < 1.29 is 0 Å². The lowest BCUT2D eigenvalue weighted by Crippen LogP contribution is -2.12. The van der Waals surface area contributed by atoms with Crippen molar-refractivity contribution in [2.75, 3.05) is 5.43 Å². The summed E-state index contributed by atoms with van der Waals surface area (Å²) in [5, 5.41) is 8.82. The van der Waals surface area contributed by atoms with Gasteiger partial charge in [-0.25, -0.2) is 10.8 Å². The number of nitriles is 1. The van der Waals surface area contributed by atoms with Crippen LogP contribution < -0.4 is 11.3 Å². The Labute approximate surface area is 83.7 Å². The second-order valence-electron chi connectivity index (χ2n) is 3.50. The van der Waals surface area contributed by atoms with Gasteiger partial charge in [0.15, 0.2) is 5.82 Å². The van der Waals surface area contributed by atoms with E-state index >= 15 is 0 Å². The molecule has 0 aliphatic heterocycles. The average molecular weight is 190 g/mol. The van der Waals surface area contributed by atoms with Crippen molar-refractivity contribution in [1.82, 2.24) is 4.98 Å². The molecule has 4 heteroatoms. The van der Waals surface area contributed by atoms with E-state index < -0.39 is 0 Å². The molecule has 0 spiro atoms. The van der Waals surface area contributed by atoms with Crippen molar-refractivity contribution in [3.05, 3.63) is 22.9 Å². The second-order valence-corrected chi connectivity index (χ2v) is 3.50. The molecule has 1 rings (SSSR count). The molecule has 4 nitrogen and oxygen atoms in total. The number of nitrogens with one attached hydrogen (secondary N) is 1. The van der Waals surface area contributed by atoms with E-state index in [-0.39, 0.29) is 0 Å². The van der Waals surface area contributed by atoms with Gasteiger partial charge in [0.05, 0.1) is 5.56 Å². The fourth-order valence-electron chi connectivity index (χ4n) is 1.41. The first kappa shape index (κ1) is 10.5. The van der Waals surface area contributed by atoms with Crippen LogP contribution >= 0.6 is 0 Å². The highest BCUT2D eigenvalue weighted by Gasteiger charge is 2.10. The van der Waals surface area contributed by atoms with Crippen LogP contribution in [0.15, 0.2) is 6.07 Å². The van der Waals surface area contributed by atoms with Gasteiger partial charge in [0.25, 0.3) is 0 Å². The van der Waals surface area contributed by atoms with Crippen molar-refractivity contribution in [1.29, 1.82) is 5.26 Å². The third-order valence-corrected chi connectivity index (χ3v) is 2.06. The fourth-order valence-corrected chi connectivity index (χ4v) is 1.41. The molecule has 74 valence electrons. The number of nitrogens with zero attached hydrogens (tertiary/aromatic N) is 2. The minimum Gasteiger partial charge on any atom is -0.307 e. The number of anilines is 1. The maximum Gasteiger partial charge on any atom is 0.158 e. The zero-order chi connectivity index (χ0) is 10.7. The van der Waals surface area contributed by atoms with Gasteiger partial charge >= 0.3 is 0 Å². The van der Waals surface area contributed by atoms with E-state index in [0.717, 1.165) is 11.3 Å². The molecule has 3 N–H and O–H groups in total. The summed E-state index contributed by atoms with van der Waals surface area (Å²) in [5.41, 5.74) is 4.91. The summed E-state index contributed by atoms with van der Waals surface area (Å²) in [6.07, 6.45) is 0. The smallest absolute Gasteiger partial charge is 0.158 e. The molecule has 1 heterocycles. The first-order valence-corrected chi connectivity index (χ1v) is 4.48. The number of aromatic nitrogens is 1. The van der Waals surface area contributed by atoms with E-state index in [1.165, 1.54) is 0 Å².